The maximum atomic E-state index is 13.7. The lowest BCUT2D eigenvalue weighted by molar-refractivity contribution is 0.300. The van der Waals surface area contributed by atoms with E-state index in [0.29, 0.717) is 31.9 Å². The van der Waals surface area contributed by atoms with E-state index in [1.807, 2.05) is 19.1 Å². The van der Waals surface area contributed by atoms with Crippen molar-refractivity contribution in [2.24, 2.45) is 4.99 Å². The Balaban J connectivity index is 1.79. The molecule has 0 spiro atoms. The average Bonchev–Trinajstić information content (AvgIpc) is 2.63. The number of aryl methyl sites for hydroxylation is 1. The zero-order valence-electron chi connectivity index (χ0n) is 14.3. The van der Waals surface area contributed by atoms with E-state index < -0.39 is 0 Å². The van der Waals surface area contributed by atoms with E-state index in [1.165, 1.54) is 6.07 Å². The van der Waals surface area contributed by atoms with Gasteiger partial charge in [0.1, 0.15) is 12.4 Å². The topological polar surface area (TPSA) is 21.6 Å². The third kappa shape index (κ3) is 5.01. The van der Waals surface area contributed by atoms with Crippen molar-refractivity contribution in [1.82, 2.24) is 0 Å². The first kappa shape index (κ1) is 19.7. The predicted molar refractivity (Wildman–Crippen MR) is 111 cm³/mol. The van der Waals surface area contributed by atoms with Crippen LogP contribution in [-0.2, 0) is 6.61 Å². The normalized spacial score (nSPS) is 11.1. The Morgan fingerprint density at radius 1 is 1.00 bits per heavy atom. The van der Waals surface area contributed by atoms with Crippen molar-refractivity contribution in [2.75, 3.05) is 0 Å². The summed E-state index contributed by atoms with van der Waals surface area (Å²) in [5, 5.41) is 1.26. The first-order valence-electron chi connectivity index (χ1n) is 8.09. The van der Waals surface area contributed by atoms with Gasteiger partial charge in [-0.1, -0.05) is 59.1 Å². The molecule has 0 heterocycles. The van der Waals surface area contributed by atoms with Crippen LogP contribution in [0.4, 0.5) is 10.1 Å². The van der Waals surface area contributed by atoms with Crippen molar-refractivity contribution in [2.45, 2.75) is 13.5 Å². The number of hydrogen-bond acceptors (Lipinski definition) is 2. The summed E-state index contributed by atoms with van der Waals surface area (Å²) in [4.78, 5) is 4.44. The van der Waals surface area contributed by atoms with E-state index in [4.69, 9.17) is 39.5 Å². The Morgan fingerprint density at radius 3 is 2.41 bits per heavy atom. The molecule has 0 aliphatic heterocycles. The van der Waals surface area contributed by atoms with E-state index in [2.05, 4.69) is 4.99 Å². The number of ether oxygens (including phenoxy) is 1. The van der Waals surface area contributed by atoms with Gasteiger partial charge in [0.25, 0.3) is 0 Å². The molecule has 0 fully saturated rings. The van der Waals surface area contributed by atoms with Crippen molar-refractivity contribution >= 4 is 46.7 Å². The molecular formula is C21H15Cl3FNO. The highest BCUT2D eigenvalue weighted by Gasteiger charge is 2.11. The van der Waals surface area contributed by atoms with E-state index in [9.17, 15) is 4.39 Å². The Bertz CT molecular complexity index is 981. The minimum absolute atomic E-state index is 0.0290. The van der Waals surface area contributed by atoms with Gasteiger partial charge >= 0.3 is 0 Å². The van der Waals surface area contributed by atoms with Crippen LogP contribution in [-0.4, -0.2) is 6.21 Å². The molecule has 138 valence electrons. The molecule has 0 N–H and O–H groups in total. The fourth-order valence-corrected chi connectivity index (χ4v) is 3.20. The minimum atomic E-state index is -0.342. The molecule has 0 radical (unpaired) electrons. The summed E-state index contributed by atoms with van der Waals surface area (Å²) < 4.78 is 19.3. The van der Waals surface area contributed by atoms with E-state index in [0.717, 1.165) is 11.3 Å². The molecule has 0 bridgehead atoms. The molecule has 27 heavy (non-hydrogen) atoms. The summed E-state index contributed by atoms with van der Waals surface area (Å²) in [6.45, 7) is 1.98. The molecule has 0 saturated heterocycles. The molecule has 0 saturated carbocycles. The Hall–Kier alpha value is -2.07. The van der Waals surface area contributed by atoms with Crippen molar-refractivity contribution in [3.8, 4) is 5.75 Å². The second-order valence-corrected chi connectivity index (χ2v) is 7.13. The van der Waals surface area contributed by atoms with Gasteiger partial charge in [0, 0.05) is 16.8 Å². The second-order valence-electron chi connectivity index (χ2n) is 5.88. The lowest BCUT2D eigenvalue weighted by Gasteiger charge is -2.11. The molecule has 3 aromatic rings. The number of nitrogens with zero attached hydrogens (tertiary/aromatic N) is 1. The van der Waals surface area contributed by atoms with E-state index in [1.54, 1.807) is 42.6 Å². The van der Waals surface area contributed by atoms with Crippen LogP contribution < -0.4 is 4.74 Å². The summed E-state index contributed by atoms with van der Waals surface area (Å²) in [6, 6.07) is 15.2. The van der Waals surface area contributed by atoms with Crippen molar-refractivity contribution < 1.29 is 9.13 Å². The van der Waals surface area contributed by atoms with Gasteiger partial charge in [-0.15, -0.1) is 0 Å². The Labute approximate surface area is 172 Å². The fraction of sp³-hybridized carbons (Fsp3) is 0.0952. The number of aliphatic imine (C=N–C) groups is 1. The van der Waals surface area contributed by atoms with Crippen LogP contribution in [0.3, 0.4) is 0 Å². The average molecular weight is 423 g/mol. The summed E-state index contributed by atoms with van der Waals surface area (Å²) in [5.74, 6) is -0.0388. The van der Waals surface area contributed by atoms with E-state index in [-0.39, 0.29) is 12.4 Å². The lowest BCUT2D eigenvalue weighted by atomic mass is 10.2. The monoisotopic (exact) mass is 421 g/mol. The molecule has 0 aliphatic carbocycles. The number of halogens is 4. The van der Waals surface area contributed by atoms with Gasteiger partial charge < -0.3 is 4.74 Å². The Morgan fingerprint density at radius 2 is 1.70 bits per heavy atom. The van der Waals surface area contributed by atoms with Gasteiger partial charge in [0.15, 0.2) is 5.75 Å². The molecule has 0 atom stereocenters. The highest BCUT2D eigenvalue weighted by Crippen LogP contribution is 2.35. The van der Waals surface area contributed by atoms with Crippen molar-refractivity contribution in [3.63, 3.8) is 0 Å². The van der Waals surface area contributed by atoms with Crippen LogP contribution in [0.25, 0.3) is 0 Å². The standard InChI is InChI=1S/C21H15Cl3FNO/c1-13-6-7-16(22)10-20(13)26-11-14-8-17(23)21(18(24)9-14)27-12-15-4-2-3-5-19(15)25/h2-11H,12H2,1H3. The maximum Gasteiger partial charge on any atom is 0.157 e. The van der Waals surface area contributed by atoms with Crippen LogP contribution >= 0.6 is 34.8 Å². The minimum Gasteiger partial charge on any atom is -0.486 e. The first-order chi connectivity index (χ1) is 12.9. The number of rotatable bonds is 5. The third-order valence-electron chi connectivity index (χ3n) is 3.87. The van der Waals surface area contributed by atoms with Gasteiger partial charge in [-0.3, -0.25) is 4.99 Å². The molecule has 0 amide bonds. The summed E-state index contributed by atoms with van der Waals surface area (Å²) >= 11 is 18.6. The number of benzene rings is 3. The Kier molecular flexibility index (Phi) is 6.38. The van der Waals surface area contributed by atoms with Crippen LogP contribution in [0.5, 0.6) is 5.75 Å². The van der Waals surface area contributed by atoms with Gasteiger partial charge in [-0.05, 0) is 48.4 Å². The zero-order valence-corrected chi connectivity index (χ0v) is 16.6. The molecule has 0 unspecified atom stereocenters. The molecule has 2 nitrogen and oxygen atoms in total. The molecule has 3 rings (SSSR count). The zero-order chi connectivity index (χ0) is 19.4. The predicted octanol–water partition coefficient (Wildman–Crippen LogP) is 7.42. The van der Waals surface area contributed by atoms with Gasteiger partial charge in [0.2, 0.25) is 0 Å². The molecule has 3 aromatic carbocycles. The first-order valence-corrected chi connectivity index (χ1v) is 9.23. The lowest BCUT2D eigenvalue weighted by Crippen LogP contribution is -1.99. The third-order valence-corrected chi connectivity index (χ3v) is 4.67. The van der Waals surface area contributed by atoms with E-state index >= 15 is 0 Å². The molecule has 6 heteroatoms. The highest BCUT2D eigenvalue weighted by atomic mass is 35.5. The van der Waals surface area contributed by atoms with Crippen LogP contribution in [0, 0.1) is 12.7 Å². The quantitative estimate of drug-likeness (QED) is 0.392. The maximum absolute atomic E-state index is 13.7. The van der Waals surface area contributed by atoms with Gasteiger partial charge in [0.05, 0.1) is 15.7 Å². The molecular weight excluding hydrogens is 408 g/mol. The number of hydrogen-bond donors (Lipinski definition) is 0. The van der Waals surface area contributed by atoms with Crippen LogP contribution in [0.2, 0.25) is 15.1 Å². The van der Waals surface area contributed by atoms with Crippen molar-refractivity contribution in [3.05, 3.63) is 92.2 Å². The van der Waals surface area contributed by atoms with Crippen LogP contribution in [0.15, 0.2) is 59.6 Å². The molecule has 0 aromatic heterocycles. The SMILES string of the molecule is Cc1ccc(Cl)cc1N=Cc1cc(Cl)c(OCc2ccccc2F)c(Cl)c1. The summed E-state index contributed by atoms with van der Waals surface area (Å²) in [7, 11) is 0. The largest absolute Gasteiger partial charge is 0.486 e. The molecule has 0 aliphatic rings. The van der Waals surface area contributed by atoms with Crippen LogP contribution in [0.1, 0.15) is 16.7 Å². The second kappa shape index (κ2) is 8.75. The van der Waals surface area contributed by atoms with Gasteiger partial charge in [-0.2, -0.15) is 0 Å². The van der Waals surface area contributed by atoms with Gasteiger partial charge in [-0.25, -0.2) is 4.39 Å². The highest BCUT2D eigenvalue weighted by molar-refractivity contribution is 6.37. The summed E-state index contributed by atoms with van der Waals surface area (Å²) in [5.41, 5.74) is 2.89. The smallest absolute Gasteiger partial charge is 0.157 e. The fourth-order valence-electron chi connectivity index (χ4n) is 2.42. The van der Waals surface area contributed by atoms with Crippen molar-refractivity contribution in [1.29, 1.82) is 0 Å². The summed E-state index contributed by atoms with van der Waals surface area (Å²) in [6.07, 6.45) is 1.65.